The van der Waals surface area contributed by atoms with Gasteiger partial charge in [0, 0.05) is 24.8 Å². The van der Waals surface area contributed by atoms with Gasteiger partial charge in [0.2, 0.25) is 10.9 Å². The molecule has 3 aliphatic rings. The maximum absolute atomic E-state index is 12.7. The van der Waals surface area contributed by atoms with Crippen molar-refractivity contribution in [2.45, 2.75) is 24.8 Å². The van der Waals surface area contributed by atoms with Crippen LogP contribution in [0.3, 0.4) is 0 Å². The molecule has 0 aliphatic heterocycles. The van der Waals surface area contributed by atoms with E-state index in [0.29, 0.717) is 21.4 Å². The Bertz CT molecular complexity index is 1180. The Morgan fingerprint density at radius 3 is 2.77 bits per heavy atom. The molecule has 0 atom stereocenters. The predicted molar refractivity (Wildman–Crippen MR) is 113 cm³/mol. The molecular weight excluding hydrogens is 430 g/mol. The van der Waals surface area contributed by atoms with Crippen molar-refractivity contribution in [1.82, 2.24) is 14.8 Å². The Hall–Kier alpha value is -2.85. The summed E-state index contributed by atoms with van der Waals surface area (Å²) in [6.07, 6.45) is 5.00. The third kappa shape index (κ3) is 3.07. The molecule has 1 amide bonds. The number of halogens is 1. The van der Waals surface area contributed by atoms with E-state index < -0.39 is 11.5 Å². The SMILES string of the molecule is COc1c(NC23CC(C2)C3)cc(C(=O)Nc2nnc(-c3c(Cl)ccn3C)s2)oc1=O. The van der Waals surface area contributed by atoms with E-state index in [1.165, 1.54) is 24.5 Å². The summed E-state index contributed by atoms with van der Waals surface area (Å²) in [6, 6.07) is 3.25. The summed E-state index contributed by atoms with van der Waals surface area (Å²) in [5, 5.41) is 15.4. The second-order valence-corrected chi connectivity index (χ2v) is 9.10. The summed E-state index contributed by atoms with van der Waals surface area (Å²) in [6.45, 7) is 0. The van der Waals surface area contributed by atoms with E-state index >= 15 is 0 Å². The maximum Gasteiger partial charge on any atom is 0.381 e. The summed E-state index contributed by atoms with van der Waals surface area (Å²) in [5.41, 5.74) is 0.455. The number of aryl methyl sites for hydroxylation is 1. The van der Waals surface area contributed by atoms with Crippen LogP contribution in [-0.2, 0) is 7.05 Å². The highest BCUT2D eigenvalue weighted by Gasteiger charge is 2.56. The molecule has 3 aromatic rings. The zero-order valence-corrected chi connectivity index (χ0v) is 17.8. The lowest BCUT2D eigenvalue weighted by Crippen LogP contribution is -2.63. The van der Waals surface area contributed by atoms with Gasteiger partial charge in [-0.15, -0.1) is 10.2 Å². The fraction of sp³-hybridized carbons (Fsp3) is 0.368. The number of rotatable bonds is 6. The second-order valence-electron chi connectivity index (χ2n) is 7.72. The van der Waals surface area contributed by atoms with Gasteiger partial charge >= 0.3 is 5.63 Å². The van der Waals surface area contributed by atoms with Crippen molar-refractivity contribution in [3.63, 3.8) is 0 Å². The van der Waals surface area contributed by atoms with E-state index in [0.717, 1.165) is 25.2 Å². The average Bonchev–Trinajstić information content (AvgIpc) is 3.22. The first-order valence-electron chi connectivity index (χ1n) is 9.34. The van der Waals surface area contributed by atoms with Crippen LogP contribution in [0.25, 0.3) is 10.7 Å². The summed E-state index contributed by atoms with van der Waals surface area (Å²) in [7, 11) is 3.24. The molecule has 3 aliphatic carbocycles. The van der Waals surface area contributed by atoms with Gasteiger partial charge in [-0.05, 0) is 31.2 Å². The minimum atomic E-state index is -0.715. The third-order valence-corrected chi connectivity index (χ3v) is 6.80. The van der Waals surface area contributed by atoms with E-state index in [1.807, 2.05) is 17.8 Å². The topological polar surface area (TPSA) is 111 Å². The normalized spacial score (nSPS) is 21.5. The Kier molecular flexibility index (Phi) is 4.37. The van der Waals surface area contributed by atoms with Crippen molar-refractivity contribution < 1.29 is 13.9 Å². The molecule has 2 N–H and O–H groups in total. The fourth-order valence-corrected chi connectivity index (χ4v) is 5.25. The van der Waals surface area contributed by atoms with Gasteiger partial charge in [0.25, 0.3) is 5.91 Å². The van der Waals surface area contributed by atoms with Crippen LogP contribution in [0.4, 0.5) is 10.8 Å². The van der Waals surface area contributed by atoms with E-state index in [2.05, 4.69) is 20.8 Å². The van der Waals surface area contributed by atoms with Crippen LogP contribution >= 0.6 is 22.9 Å². The molecule has 9 nitrogen and oxygen atoms in total. The molecule has 3 saturated carbocycles. The van der Waals surface area contributed by atoms with Crippen molar-refractivity contribution >= 4 is 39.7 Å². The van der Waals surface area contributed by atoms with Gasteiger partial charge in [-0.1, -0.05) is 22.9 Å². The number of amides is 1. The van der Waals surface area contributed by atoms with Gasteiger partial charge < -0.3 is 19.0 Å². The molecule has 0 unspecified atom stereocenters. The maximum atomic E-state index is 12.7. The lowest BCUT2D eigenvalue weighted by Gasteiger charge is -2.62. The molecule has 0 saturated heterocycles. The van der Waals surface area contributed by atoms with Gasteiger partial charge in [-0.2, -0.15) is 0 Å². The molecule has 3 fully saturated rings. The molecule has 3 aromatic heterocycles. The van der Waals surface area contributed by atoms with Crippen molar-refractivity contribution in [3.05, 3.63) is 39.5 Å². The van der Waals surface area contributed by atoms with Gasteiger partial charge in [0.1, 0.15) is 0 Å². The zero-order valence-electron chi connectivity index (χ0n) is 16.2. The van der Waals surface area contributed by atoms with Gasteiger partial charge in [-0.3, -0.25) is 10.1 Å². The Morgan fingerprint density at radius 2 is 2.17 bits per heavy atom. The lowest BCUT2D eigenvalue weighted by atomic mass is 9.50. The zero-order chi connectivity index (χ0) is 21.0. The van der Waals surface area contributed by atoms with Crippen LogP contribution in [0.2, 0.25) is 5.02 Å². The third-order valence-electron chi connectivity index (χ3n) is 5.65. The molecule has 6 rings (SSSR count). The summed E-state index contributed by atoms with van der Waals surface area (Å²) < 4.78 is 12.2. The van der Waals surface area contributed by atoms with Crippen LogP contribution < -0.4 is 21.0 Å². The fourth-order valence-electron chi connectivity index (χ4n) is 4.08. The number of hydrogen-bond acceptors (Lipinski definition) is 8. The number of carbonyl (C=O) groups is 1. The minimum absolute atomic E-state index is 0.00194. The van der Waals surface area contributed by atoms with Gasteiger partial charge in [0.05, 0.1) is 23.5 Å². The molecule has 30 heavy (non-hydrogen) atoms. The molecule has 0 aromatic carbocycles. The van der Waals surface area contributed by atoms with Crippen LogP contribution in [0.5, 0.6) is 5.75 Å². The number of carbonyl (C=O) groups excluding carboxylic acids is 1. The van der Waals surface area contributed by atoms with E-state index in [4.69, 9.17) is 20.8 Å². The summed E-state index contributed by atoms with van der Waals surface area (Å²) in [4.78, 5) is 25.0. The van der Waals surface area contributed by atoms with Crippen molar-refractivity contribution in [2.75, 3.05) is 17.7 Å². The Labute approximate surface area is 180 Å². The van der Waals surface area contributed by atoms with Gasteiger partial charge in [-0.25, -0.2) is 4.79 Å². The molecule has 3 heterocycles. The molecule has 0 radical (unpaired) electrons. The lowest BCUT2D eigenvalue weighted by molar-refractivity contribution is 0.00189. The Morgan fingerprint density at radius 1 is 1.40 bits per heavy atom. The smallest absolute Gasteiger partial charge is 0.381 e. The monoisotopic (exact) mass is 447 g/mol. The number of anilines is 2. The largest absolute Gasteiger partial charge is 0.488 e. The highest BCUT2D eigenvalue weighted by Crippen LogP contribution is 2.59. The van der Waals surface area contributed by atoms with E-state index in [1.54, 1.807) is 6.07 Å². The van der Waals surface area contributed by atoms with Crippen LogP contribution in [0, 0.1) is 5.92 Å². The summed E-state index contributed by atoms with van der Waals surface area (Å²) in [5.74, 6) is 0.0863. The van der Waals surface area contributed by atoms with Crippen molar-refractivity contribution in [2.24, 2.45) is 13.0 Å². The van der Waals surface area contributed by atoms with E-state index in [9.17, 15) is 9.59 Å². The molecular formula is C19H18ClN5O4S. The van der Waals surface area contributed by atoms with Crippen molar-refractivity contribution in [3.8, 4) is 16.5 Å². The molecule has 156 valence electrons. The number of ether oxygens (including phenoxy) is 1. The number of hydrogen-bond donors (Lipinski definition) is 2. The summed E-state index contributed by atoms with van der Waals surface area (Å²) >= 11 is 7.36. The predicted octanol–water partition coefficient (Wildman–Crippen LogP) is 3.38. The quantitative estimate of drug-likeness (QED) is 0.595. The molecule has 0 spiro atoms. The Balaban J connectivity index is 1.39. The first-order chi connectivity index (χ1) is 14.4. The second kappa shape index (κ2) is 6.85. The number of nitrogens with one attached hydrogen (secondary N) is 2. The average molecular weight is 448 g/mol. The standard InChI is InChI=1S/C19H18ClN5O4S/c1-25-4-3-10(20)13(25)16-23-24-18(30-16)21-15(26)12-5-11(14(28-2)17(27)29-12)22-19-6-9(7-19)8-19/h3-5,9,22H,6-8H2,1-2H3,(H,21,24,26). The molecule has 11 heteroatoms. The van der Waals surface area contributed by atoms with E-state index in [-0.39, 0.29) is 22.2 Å². The van der Waals surface area contributed by atoms with Crippen LogP contribution in [0.15, 0.2) is 27.5 Å². The van der Waals surface area contributed by atoms with Gasteiger partial charge in [0.15, 0.2) is 10.8 Å². The molecule has 2 bridgehead atoms. The number of aromatic nitrogens is 3. The van der Waals surface area contributed by atoms with Crippen LogP contribution in [0.1, 0.15) is 29.8 Å². The first kappa shape index (κ1) is 19.1. The van der Waals surface area contributed by atoms with Crippen LogP contribution in [-0.4, -0.2) is 33.3 Å². The highest BCUT2D eigenvalue weighted by atomic mass is 35.5. The number of methoxy groups -OCH3 is 1. The minimum Gasteiger partial charge on any atom is -0.488 e. The van der Waals surface area contributed by atoms with Crippen molar-refractivity contribution in [1.29, 1.82) is 0 Å². The number of nitrogens with zero attached hydrogens (tertiary/aromatic N) is 3. The first-order valence-corrected chi connectivity index (χ1v) is 10.5. The highest BCUT2D eigenvalue weighted by molar-refractivity contribution is 7.18.